The summed E-state index contributed by atoms with van der Waals surface area (Å²) in [5, 5.41) is 3.44. The average Bonchev–Trinajstić information content (AvgIpc) is 3.04. The number of benzene rings is 3. The number of hydrogen-bond donors (Lipinski definition) is 3. The molecule has 1 fully saturated rings. The fourth-order valence-corrected chi connectivity index (χ4v) is 4.96. The van der Waals surface area contributed by atoms with Crippen molar-refractivity contribution in [3.05, 3.63) is 114 Å². The number of nitrogens with zero attached hydrogens (tertiary/aromatic N) is 3. The standard InChI is InChI=1S/C33H34N6O4/c1-42-25-13-9-22(10-14-25)28(40)17-18-29(41)39-19-5-6-24(20-39)38-33-30(32(35)36-21-37-33)31(34)23-11-15-27(16-12-23)43-26-7-3-2-4-8-26/h2-4,7-18,21,24,31H,5-6,19-20,34H2,1H3,(H3,35,36,37,38)/b18-17+. The quantitative estimate of drug-likeness (QED) is 0.179. The Morgan fingerprint density at radius 2 is 1.65 bits per heavy atom. The van der Waals surface area contributed by atoms with Gasteiger partial charge in [-0.05, 0) is 73.0 Å². The van der Waals surface area contributed by atoms with E-state index in [9.17, 15) is 9.59 Å². The predicted octanol–water partition coefficient (Wildman–Crippen LogP) is 4.75. The van der Waals surface area contributed by atoms with Crippen LogP contribution in [0.25, 0.3) is 0 Å². The van der Waals surface area contributed by atoms with Crippen LogP contribution in [-0.4, -0.2) is 52.8 Å². The van der Waals surface area contributed by atoms with Crippen molar-refractivity contribution >= 4 is 23.3 Å². The second-order valence-electron chi connectivity index (χ2n) is 10.2. The molecule has 0 radical (unpaired) electrons. The Labute approximate surface area is 250 Å². The van der Waals surface area contributed by atoms with Gasteiger partial charge in [0.1, 0.15) is 35.2 Å². The molecule has 2 atom stereocenters. The van der Waals surface area contributed by atoms with Crippen LogP contribution in [0.2, 0.25) is 0 Å². The lowest BCUT2D eigenvalue weighted by molar-refractivity contribution is -0.127. The molecule has 1 aliphatic rings. The smallest absolute Gasteiger partial charge is 0.246 e. The maximum atomic E-state index is 13.0. The summed E-state index contributed by atoms with van der Waals surface area (Å²) in [6.07, 6.45) is 5.63. The molecular weight excluding hydrogens is 544 g/mol. The number of nitrogens with two attached hydrogens (primary N) is 2. The largest absolute Gasteiger partial charge is 0.497 e. The number of aromatic nitrogens is 2. The third-order valence-corrected chi connectivity index (χ3v) is 7.27. The molecule has 2 unspecified atom stereocenters. The van der Waals surface area contributed by atoms with Crippen molar-refractivity contribution in [2.75, 3.05) is 31.2 Å². The minimum absolute atomic E-state index is 0.0923. The molecule has 5 N–H and O–H groups in total. The monoisotopic (exact) mass is 578 g/mol. The first kappa shape index (κ1) is 29.3. The summed E-state index contributed by atoms with van der Waals surface area (Å²) < 4.78 is 11.0. The summed E-state index contributed by atoms with van der Waals surface area (Å²) in [6.45, 7) is 1.03. The van der Waals surface area contributed by atoms with Crippen LogP contribution in [0.3, 0.4) is 0 Å². The maximum absolute atomic E-state index is 13.0. The number of methoxy groups -OCH3 is 1. The third-order valence-electron chi connectivity index (χ3n) is 7.27. The molecule has 10 heteroatoms. The van der Waals surface area contributed by atoms with Crippen LogP contribution in [-0.2, 0) is 4.79 Å². The van der Waals surface area contributed by atoms with E-state index in [1.54, 1.807) is 36.3 Å². The van der Waals surface area contributed by atoms with Gasteiger partial charge in [-0.15, -0.1) is 0 Å². The van der Waals surface area contributed by atoms with Gasteiger partial charge in [0, 0.05) is 30.8 Å². The van der Waals surface area contributed by atoms with Crippen molar-refractivity contribution in [1.29, 1.82) is 0 Å². The molecule has 43 heavy (non-hydrogen) atoms. The molecule has 0 spiro atoms. The molecule has 10 nitrogen and oxygen atoms in total. The lowest BCUT2D eigenvalue weighted by Crippen LogP contribution is -2.45. The molecule has 1 aromatic heterocycles. The molecule has 3 aromatic carbocycles. The van der Waals surface area contributed by atoms with Crippen molar-refractivity contribution in [3.8, 4) is 17.2 Å². The number of ether oxygens (including phenoxy) is 2. The van der Waals surface area contributed by atoms with Gasteiger partial charge in [0.15, 0.2) is 5.78 Å². The number of para-hydroxylation sites is 1. The first-order chi connectivity index (χ1) is 20.9. The van der Waals surface area contributed by atoms with E-state index < -0.39 is 6.04 Å². The highest BCUT2D eigenvalue weighted by atomic mass is 16.5. The fourth-order valence-electron chi connectivity index (χ4n) is 4.96. The maximum Gasteiger partial charge on any atom is 0.246 e. The van der Waals surface area contributed by atoms with Crippen molar-refractivity contribution < 1.29 is 19.1 Å². The number of carbonyl (C=O) groups excluding carboxylic acids is 2. The van der Waals surface area contributed by atoms with E-state index in [2.05, 4.69) is 15.3 Å². The molecule has 0 bridgehead atoms. The Morgan fingerprint density at radius 3 is 2.37 bits per heavy atom. The van der Waals surface area contributed by atoms with E-state index in [-0.39, 0.29) is 23.6 Å². The van der Waals surface area contributed by atoms with Crippen LogP contribution < -0.4 is 26.3 Å². The summed E-state index contributed by atoms with van der Waals surface area (Å²) in [7, 11) is 1.56. The van der Waals surface area contributed by atoms with Gasteiger partial charge < -0.3 is 31.2 Å². The van der Waals surface area contributed by atoms with Crippen molar-refractivity contribution in [1.82, 2.24) is 14.9 Å². The van der Waals surface area contributed by atoms with Gasteiger partial charge in [0.05, 0.1) is 18.7 Å². The summed E-state index contributed by atoms with van der Waals surface area (Å²) >= 11 is 0. The highest BCUT2D eigenvalue weighted by Gasteiger charge is 2.26. The van der Waals surface area contributed by atoms with E-state index in [1.165, 1.54) is 18.5 Å². The number of amides is 1. The number of rotatable bonds is 10. The Morgan fingerprint density at radius 1 is 0.953 bits per heavy atom. The minimum atomic E-state index is -0.595. The van der Waals surface area contributed by atoms with Crippen LogP contribution in [0.1, 0.15) is 40.4 Å². The SMILES string of the molecule is COc1ccc(C(=O)/C=C/C(=O)N2CCCC(Nc3ncnc(N)c3C(N)c3ccc(Oc4ccccc4)cc3)C2)cc1. The number of likely N-dealkylation sites (tertiary alicyclic amines) is 1. The van der Waals surface area contributed by atoms with Gasteiger partial charge >= 0.3 is 0 Å². The molecule has 5 rings (SSSR count). The van der Waals surface area contributed by atoms with E-state index in [0.29, 0.717) is 41.5 Å². The summed E-state index contributed by atoms with van der Waals surface area (Å²) in [4.78, 5) is 35.8. The van der Waals surface area contributed by atoms with Crippen LogP contribution in [0, 0.1) is 0 Å². The number of hydrogen-bond acceptors (Lipinski definition) is 9. The minimum Gasteiger partial charge on any atom is -0.497 e. The van der Waals surface area contributed by atoms with E-state index >= 15 is 0 Å². The van der Waals surface area contributed by atoms with E-state index in [0.717, 1.165) is 24.2 Å². The first-order valence-electron chi connectivity index (χ1n) is 14.0. The molecule has 2 heterocycles. The number of nitrogens with one attached hydrogen (secondary N) is 1. The van der Waals surface area contributed by atoms with E-state index in [4.69, 9.17) is 20.9 Å². The van der Waals surface area contributed by atoms with Crippen LogP contribution in [0.5, 0.6) is 17.2 Å². The molecular formula is C33H34N6O4. The molecule has 4 aromatic rings. The normalized spacial score (nSPS) is 15.6. The number of carbonyl (C=O) groups is 2. The van der Waals surface area contributed by atoms with Crippen LogP contribution in [0.4, 0.5) is 11.6 Å². The Bertz CT molecular complexity index is 1580. The van der Waals surface area contributed by atoms with Crippen molar-refractivity contribution in [3.63, 3.8) is 0 Å². The van der Waals surface area contributed by atoms with Gasteiger partial charge in [-0.1, -0.05) is 30.3 Å². The average molecular weight is 579 g/mol. The lowest BCUT2D eigenvalue weighted by Gasteiger charge is -2.33. The molecule has 1 saturated heterocycles. The molecule has 0 aliphatic carbocycles. The third kappa shape index (κ3) is 7.35. The summed E-state index contributed by atoms with van der Waals surface area (Å²) in [6, 6.07) is 23.1. The van der Waals surface area contributed by atoms with E-state index in [1.807, 2.05) is 54.6 Å². The van der Waals surface area contributed by atoms with Gasteiger partial charge in [-0.2, -0.15) is 0 Å². The Balaban J connectivity index is 1.24. The zero-order valence-electron chi connectivity index (χ0n) is 23.9. The number of piperidine rings is 1. The number of allylic oxidation sites excluding steroid dienone is 1. The zero-order chi connectivity index (χ0) is 30.2. The second kappa shape index (κ2) is 13.6. The predicted molar refractivity (Wildman–Crippen MR) is 165 cm³/mol. The zero-order valence-corrected chi connectivity index (χ0v) is 23.9. The van der Waals surface area contributed by atoms with Gasteiger partial charge in [-0.25, -0.2) is 9.97 Å². The first-order valence-corrected chi connectivity index (χ1v) is 14.0. The van der Waals surface area contributed by atoms with Crippen molar-refractivity contribution in [2.45, 2.75) is 24.9 Å². The Kier molecular flexibility index (Phi) is 9.28. The van der Waals surface area contributed by atoms with Gasteiger partial charge in [0.25, 0.3) is 0 Å². The van der Waals surface area contributed by atoms with Crippen molar-refractivity contribution in [2.24, 2.45) is 5.73 Å². The van der Waals surface area contributed by atoms with Gasteiger partial charge in [0.2, 0.25) is 5.91 Å². The van der Waals surface area contributed by atoms with Crippen LogP contribution in [0.15, 0.2) is 97.3 Å². The Hall–Kier alpha value is -5.22. The second-order valence-corrected chi connectivity index (χ2v) is 10.2. The summed E-state index contributed by atoms with van der Waals surface area (Å²) in [5.74, 6) is 2.40. The number of anilines is 2. The highest BCUT2D eigenvalue weighted by molar-refractivity contribution is 6.07. The lowest BCUT2D eigenvalue weighted by atomic mass is 9.99. The number of nitrogen functional groups attached to an aromatic ring is 1. The fraction of sp³-hybridized carbons (Fsp3) is 0.212. The topological polar surface area (TPSA) is 146 Å². The molecule has 1 amide bonds. The summed E-state index contributed by atoms with van der Waals surface area (Å²) in [5.41, 5.74) is 14.8. The number of ketones is 1. The van der Waals surface area contributed by atoms with Gasteiger partial charge in [-0.3, -0.25) is 9.59 Å². The molecule has 1 aliphatic heterocycles. The molecule has 220 valence electrons. The molecule has 0 saturated carbocycles. The van der Waals surface area contributed by atoms with Crippen LogP contribution >= 0.6 is 0 Å². The highest BCUT2D eigenvalue weighted by Crippen LogP contribution is 2.31.